The first-order valence-electron chi connectivity index (χ1n) is 6.96. The predicted octanol–water partition coefficient (Wildman–Crippen LogP) is 4.12. The molecule has 4 heteroatoms. The van der Waals surface area contributed by atoms with Crippen molar-refractivity contribution in [1.29, 1.82) is 0 Å². The van der Waals surface area contributed by atoms with Gasteiger partial charge in [0.05, 0.1) is 11.8 Å². The number of ether oxygens (including phenoxy) is 1. The Kier molecular flexibility index (Phi) is 5.64. The summed E-state index contributed by atoms with van der Waals surface area (Å²) in [4.78, 5) is 2.13. The minimum atomic E-state index is -0.131. The third-order valence-electron chi connectivity index (χ3n) is 3.47. The molecule has 2 nitrogen and oxygen atoms in total. The van der Waals surface area contributed by atoms with Crippen molar-refractivity contribution in [2.45, 2.75) is 37.6 Å². The van der Waals surface area contributed by atoms with Crippen molar-refractivity contribution in [1.82, 2.24) is 0 Å². The lowest BCUT2D eigenvalue weighted by Crippen LogP contribution is -2.40. The third-order valence-corrected chi connectivity index (χ3v) is 4.07. The molecule has 0 amide bonds. The number of para-hydroxylation sites is 1. The molecule has 0 aromatic heterocycles. The highest BCUT2D eigenvalue weighted by atomic mass is 79.9. The van der Waals surface area contributed by atoms with Gasteiger partial charge in [-0.1, -0.05) is 35.0 Å². The first kappa shape index (κ1) is 14.8. The fraction of sp³-hybridized carbons (Fsp3) is 0.600. The summed E-state index contributed by atoms with van der Waals surface area (Å²) in [5, 5.41) is 0.678. The molecule has 1 aromatic rings. The van der Waals surface area contributed by atoms with Crippen LogP contribution in [-0.2, 0) is 10.1 Å². The van der Waals surface area contributed by atoms with Crippen LogP contribution in [0.25, 0.3) is 0 Å². The number of anilines is 1. The standard InChI is InChI=1S/C15H21BrFNO/c1-2-9-19-13-6-4-8-18(11-13)15-12(10-16)5-3-7-14(15)17/h3,5,7,13H,2,4,6,8-11H2,1H3. The maximum absolute atomic E-state index is 14.1. The second kappa shape index (κ2) is 7.25. The summed E-state index contributed by atoms with van der Waals surface area (Å²) in [7, 11) is 0. The number of nitrogens with zero attached hydrogens (tertiary/aromatic N) is 1. The van der Waals surface area contributed by atoms with Crippen LogP contribution in [0.4, 0.5) is 10.1 Å². The first-order chi connectivity index (χ1) is 9.26. The number of rotatable bonds is 5. The zero-order valence-electron chi connectivity index (χ0n) is 11.4. The summed E-state index contributed by atoms with van der Waals surface area (Å²) >= 11 is 3.44. The van der Waals surface area contributed by atoms with Crippen molar-refractivity contribution >= 4 is 21.6 Å². The van der Waals surface area contributed by atoms with E-state index in [-0.39, 0.29) is 11.9 Å². The highest BCUT2D eigenvalue weighted by Gasteiger charge is 2.24. The van der Waals surface area contributed by atoms with Crippen LogP contribution in [-0.4, -0.2) is 25.8 Å². The molecule has 0 radical (unpaired) electrons. The first-order valence-corrected chi connectivity index (χ1v) is 8.08. The van der Waals surface area contributed by atoms with Gasteiger partial charge in [-0.15, -0.1) is 0 Å². The van der Waals surface area contributed by atoms with Crippen LogP contribution in [0.3, 0.4) is 0 Å². The highest BCUT2D eigenvalue weighted by molar-refractivity contribution is 9.08. The topological polar surface area (TPSA) is 12.5 Å². The maximum Gasteiger partial charge on any atom is 0.146 e. The van der Waals surface area contributed by atoms with Gasteiger partial charge in [-0.25, -0.2) is 4.39 Å². The minimum absolute atomic E-state index is 0.131. The second-order valence-electron chi connectivity index (χ2n) is 4.96. The monoisotopic (exact) mass is 329 g/mol. The summed E-state index contributed by atoms with van der Waals surface area (Å²) in [6, 6.07) is 5.28. The lowest BCUT2D eigenvalue weighted by Gasteiger charge is -2.35. The van der Waals surface area contributed by atoms with E-state index in [1.165, 1.54) is 6.07 Å². The molecule has 1 unspecified atom stereocenters. The van der Waals surface area contributed by atoms with Gasteiger partial charge in [0.1, 0.15) is 5.82 Å². The number of halogens is 2. The molecule has 0 bridgehead atoms. The largest absolute Gasteiger partial charge is 0.376 e. The lowest BCUT2D eigenvalue weighted by atomic mass is 10.1. The Hall–Kier alpha value is -0.610. The van der Waals surface area contributed by atoms with E-state index in [4.69, 9.17) is 4.74 Å². The molecule has 1 atom stereocenters. The fourth-order valence-corrected chi connectivity index (χ4v) is 3.04. The zero-order chi connectivity index (χ0) is 13.7. The molecule has 0 aliphatic carbocycles. The molecule has 0 spiro atoms. The van der Waals surface area contributed by atoms with Crippen molar-refractivity contribution in [2.75, 3.05) is 24.6 Å². The van der Waals surface area contributed by atoms with Gasteiger partial charge >= 0.3 is 0 Å². The Morgan fingerprint density at radius 3 is 3.05 bits per heavy atom. The summed E-state index contributed by atoms with van der Waals surface area (Å²) in [5.41, 5.74) is 1.75. The molecular weight excluding hydrogens is 309 g/mol. The van der Waals surface area contributed by atoms with E-state index < -0.39 is 0 Å². The van der Waals surface area contributed by atoms with E-state index in [2.05, 4.69) is 27.8 Å². The average molecular weight is 330 g/mol. The lowest BCUT2D eigenvalue weighted by molar-refractivity contribution is 0.0439. The van der Waals surface area contributed by atoms with Crippen molar-refractivity contribution in [2.24, 2.45) is 0 Å². The number of hydrogen-bond donors (Lipinski definition) is 0. The van der Waals surface area contributed by atoms with Gasteiger partial charge in [-0.05, 0) is 30.9 Å². The molecule has 0 saturated carbocycles. The third kappa shape index (κ3) is 3.69. The van der Waals surface area contributed by atoms with Crippen molar-refractivity contribution < 1.29 is 9.13 Å². The molecule has 1 aromatic carbocycles. The van der Waals surface area contributed by atoms with Gasteiger partial charge in [-0.2, -0.15) is 0 Å². The van der Waals surface area contributed by atoms with Crippen LogP contribution >= 0.6 is 15.9 Å². The van der Waals surface area contributed by atoms with Crippen LogP contribution in [0.15, 0.2) is 18.2 Å². The van der Waals surface area contributed by atoms with Gasteiger partial charge < -0.3 is 9.64 Å². The van der Waals surface area contributed by atoms with Gasteiger partial charge in [-0.3, -0.25) is 0 Å². The molecule has 2 rings (SSSR count). The van der Waals surface area contributed by atoms with E-state index in [1.807, 2.05) is 6.07 Å². The Balaban J connectivity index is 2.12. The van der Waals surface area contributed by atoms with Gasteiger partial charge in [0.2, 0.25) is 0 Å². The van der Waals surface area contributed by atoms with Gasteiger partial charge in [0.25, 0.3) is 0 Å². The second-order valence-corrected chi connectivity index (χ2v) is 5.52. The summed E-state index contributed by atoms with van der Waals surface area (Å²) in [6.45, 7) is 4.61. The van der Waals surface area contributed by atoms with E-state index in [0.717, 1.165) is 50.2 Å². The average Bonchev–Trinajstić information content (AvgIpc) is 2.45. The minimum Gasteiger partial charge on any atom is -0.376 e. The molecule has 19 heavy (non-hydrogen) atoms. The molecular formula is C15H21BrFNO. The Labute approximate surface area is 123 Å². The van der Waals surface area contributed by atoms with Gasteiger partial charge in [0, 0.05) is 25.0 Å². The number of alkyl halides is 1. The number of hydrogen-bond acceptors (Lipinski definition) is 2. The van der Waals surface area contributed by atoms with Crippen molar-refractivity contribution in [3.63, 3.8) is 0 Å². The summed E-state index contributed by atoms with van der Waals surface area (Å²) < 4.78 is 19.9. The van der Waals surface area contributed by atoms with Crippen LogP contribution in [0, 0.1) is 5.82 Å². The van der Waals surface area contributed by atoms with Crippen LogP contribution in [0.5, 0.6) is 0 Å². The number of benzene rings is 1. The molecule has 1 saturated heterocycles. The SMILES string of the molecule is CCCOC1CCCN(c2c(F)cccc2CBr)C1. The van der Waals surface area contributed by atoms with E-state index in [9.17, 15) is 4.39 Å². The molecule has 1 heterocycles. The maximum atomic E-state index is 14.1. The van der Waals surface area contributed by atoms with Crippen molar-refractivity contribution in [3.8, 4) is 0 Å². The van der Waals surface area contributed by atoms with E-state index in [1.54, 1.807) is 6.07 Å². The van der Waals surface area contributed by atoms with Crippen LogP contribution in [0.1, 0.15) is 31.7 Å². The Morgan fingerprint density at radius 2 is 2.32 bits per heavy atom. The summed E-state index contributed by atoms with van der Waals surface area (Å²) in [6.07, 6.45) is 3.40. The zero-order valence-corrected chi connectivity index (χ0v) is 13.0. The van der Waals surface area contributed by atoms with E-state index >= 15 is 0 Å². The molecule has 1 aliphatic rings. The normalized spacial score (nSPS) is 19.7. The van der Waals surface area contributed by atoms with Crippen molar-refractivity contribution in [3.05, 3.63) is 29.6 Å². The smallest absolute Gasteiger partial charge is 0.146 e. The molecule has 1 aliphatic heterocycles. The fourth-order valence-electron chi connectivity index (χ4n) is 2.58. The Morgan fingerprint density at radius 1 is 1.47 bits per heavy atom. The number of piperidine rings is 1. The van der Waals surface area contributed by atoms with Gasteiger partial charge in [0.15, 0.2) is 0 Å². The van der Waals surface area contributed by atoms with E-state index in [0.29, 0.717) is 5.33 Å². The Bertz CT molecular complexity index is 413. The molecule has 106 valence electrons. The van der Waals surface area contributed by atoms with Crippen LogP contribution in [0.2, 0.25) is 0 Å². The quantitative estimate of drug-likeness (QED) is 0.753. The molecule has 1 fully saturated rings. The highest BCUT2D eigenvalue weighted by Crippen LogP contribution is 2.29. The summed E-state index contributed by atoms with van der Waals surface area (Å²) in [5.74, 6) is -0.131. The van der Waals surface area contributed by atoms with Crippen LogP contribution < -0.4 is 4.90 Å². The predicted molar refractivity (Wildman–Crippen MR) is 80.5 cm³/mol. The molecule has 0 N–H and O–H groups in total.